The van der Waals surface area contributed by atoms with Crippen LogP contribution in [-0.2, 0) is 32.6 Å². The van der Waals surface area contributed by atoms with Gasteiger partial charge in [0.1, 0.15) is 16.8 Å². The summed E-state index contributed by atoms with van der Waals surface area (Å²) in [6.07, 6.45) is 1.77. The fourth-order valence-corrected chi connectivity index (χ4v) is 6.45. The van der Waals surface area contributed by atoms with E-state index in [1.807, 2.05) is 37.3 Å². The number of unbranched alkanes of at least 4 members (excludes halogenated alkanes) is 1. The number of benzene rings is 3. The largest absolute Gasteiger partial charge is 0.354 e. The molecule has 1 unspecified atom stereocenters. The molecular formula is C31H34FN3O5S. The second-order valence-corrected chi connectivity index (χ2v) is 11.8. The smallest absolute Gasteiger partial charge is 0.269 e. The van der Waals surface area contributed by atoms with Crippen molar-refractivity contribution in [2.24, 2.45) is 0 Å². The number of halogens is 1. The van der Waals surface area contributed by atoms with Gasteiger partial charge in [-0.1, -0.05) is 74.0 Å². The van der Waals surface area contributed by atoms with Crippen molar-refractivity contribution in [1.29, 1.82) is 0 Å². The molecule has 0 saturated carbocycles. The summed E-state index contributed by atoms with van der Waals surface area (Å²) >= 11 is 0. The van der Waals surface area contributed by atoms with E-state index in [-0.39, 0.29) is 54.3 Å². The van der Waals surface area contributed by atoms with Crippen LogP contribution in [0.3, 0.4) is 0 Å². The van der Waals surface area contributed by atoms with Crippen molar-refractivity contribution in [3.8, 4) is 0 Å². The van der Waals surface area contributed by atoms with Gasteiger partial charge in [0.2, 0.25) is 11.8 Å². The Labute approximate surface area is 240 Å². The average Bonchev–Trinajstić information content (AvgIpc) is 3.16. The van der Waals surface area contributed by atoms with Gasteiger partial charge in [0.25, 0.3) is 15.9 Å². The second kappa shape index (κ2) is 13.5. The van der Waals surface area contributed by atoms with E-state index in [1.54, 1.807) is 30.3 Å². The van der Waals surface area contributed by atoms with E-state index in [0.29, 0.717) is 6.54 Å². The molecule has 1 heterocycles. The fourth-order valence-electron chi connectivity index (χ4n) is 4.84. The van der Waals surface area contributed by atoms with E-state index < -0.39 is 33.7 Å². The van der Waals surface area contributed by atoms with E-state index in [0.717, 1.165) is 22.7 Å². The molecule has 0 aromatic heterocycles. The number of carbonyl (C=O) groups excluding carboxylic acids is 3. The molecule has 0 spiro atoms. The van der Waals surface area contributed by atoms with Gasteiger partial charge in [0.15, 0.2) is 0 Å². The number of carbonyl (C=O) groups is 3. The molecular weight excluding hydrogens is 545 g/mol. The number of rotatable bonds is 13. The summed E-state index contributed by atoms with van der Waals surface area (Å²) in [7, 11) is -4.01. The first-order chi connectivity index (χ1) is 19.7. The van der Waals surface area contributed by atoms with Crippen LogP contribution in [0.15, 0.2) is 83.8 Å². The summed E-state index contributed by atoms with van der Waals surface area (Å²) in [6.45, 7) is 2.11. The van der Waals surface area contributed by atoms with Gasteiger partial charge >= 0.3 is 0 Å². The van der Waals surface area contributed by atoms with E-state index in [9.17, 15) is 27.2 Å². The minimum atomic E-state index is -4.01. The highest BCUT2D eigenvalue weighted by Gasteiger charge is 2.40. The number of amides is 3. The van der Waals surface area contributed by atoms with Crippen LogP contribution in [0.25, 0.3) is 0 Å². The molecule has 0 radical (unpaired) electrons. The standard InChI is InChI=1S/C31H34FN3O5S/c1-2-3-19-33-30(37)27(21-23-12-5-4-6-13-23)34(22-24-14-7-9-16-26(24)32)29(36)18-11-20-35-31(38)25-15-8-10-17-28(25)41(35,39)40/h4-10,12-17,27H,2-3,11,18-22H2,1H3,(H,33,37). The van der Waals surface area contributed by atoms with Gasteiger partial charge in [-0.2, -0.15) is 0 Å². The zero-order valence-electron chi connectivity index (χ0n) is 23.0. The zero-order chi connectivity index (χ0) is 29.4. The maximum Gasteiger partial charge on any atom is 0.269 e. The highest BCUT2D eigenvalue weighted by atomic mass is 32.2. The summed E-state index contributed by atoms with van der Waals surface area (Å²) in [4.78, 5) is 41.3. The van der Waals surface area contributed by atoms with Gasteiger partial charge in [0.05, 0.1) is 5.56 Å². The Balaban J connectivity index is 1.56. The van der Waals surface area contributed by atoms with Gasteiger partial charge in [0, 0.05) is 38.0 Å². The van der Waals surface area contributed by atoms with Crippen molar-refractivity contribution in [2.75, 3.05) is 13.1 Å². The van der Waals surface area contributed by atoms with E-state index >= 15 is 0 Å². The molecule has 1 aliphatic heterocycles. The Kier molecular flexibility index (Phi) is 9.88. The van der Waals surface area contributed by atoms with Gasteiger partial charge in [-0.25, -0.2) is 17.1 Å². The molecule has 3 aromatic rings. The highest BCUT2D eigenvalue weighted by Crippen LogP contribution is 2.30. The summed E-state index contributed by atoms with van der Waals surface area (Å²) in [6, 6.07) is 20.4. The van der Waals surface area contributed by atoms with Crippen molar-refractivity contribution in [1.82, 2.24) is 14.5 Å². The Morgan fingerprint density at radius 3 is 2.34 bits per heavy atom. The molecule has 0 saturated heterocycles. The van der Waals surface area contributed by atoms with Crippen LogP contribution in [0.1, 0.15) is 54.1 Å². The van der Waals surface area contributed by atoms with Crippen molar-refractivity contribution in [2.45, 2.75) is 56.5 Å². The second-order valence-electron chi connectivity index (χ2n) is 9.95. The van der Waals surface area contributed by atoms with Gasteiger partial charge in [-0.3, -0.25) is 14.4 Å². The van der Waals surface area contributed by atoms with Crippen LogP contribution in [-0.4, -0.2) is 54.5 Å². The number of nitrogens with zero attached hydrogens (tertiary/aromatic N) is 2. The molecule has 0 bridgehead atoms. The number of hydrogen-bond acceptors (Lipinski definition) is 5. The lowest BCUT2D eigenvalue weighted by Crippen LogP contribution is -2.50. The van der Waals surface area contributed by atoms with Gasteiger partial charge in [-0.05, 0) is 36.6 Å². The SMILES string of the molecule is CCCCNC(=O)C(Cc1ccccc1)N(Cc1ccccc1F)C(=O)CCCN1C(=O)c2ccccc2S1(=O)=O. The first-order valence-corrected chi connectivity index (χ1v) is 15.2. The third-order valence-electron chi connectivity index (χ3n) is 7.06. The first kappa shape index (κ1) is 29.9. The molecule has 8 nitrogen and oxygen atoms in total. The molecule has 41 heavy (non-hydrogen) atoms. The summed E-state index contributed by atoms with van der Waals surface area (Å²) in [5, 5.41) is 2.91. The van der Waals surface area contributed by atoms with E-state index in [2.05, 4.69) is 5.32 Å². The maximum atomic E-state index is 14.7. The number of hydrogen-bond donors (Lipinski definition) is 1. The quantitative estimate of drug-likeness (QED) is 0.304. The van der Waals surface area contributed by atoms with Crippen LogP contribution < -0.4 is 5.32 Å². The molecule has 10 heteroatoms. The van der Waals surface area contributed by atoms with Crippen LogP contribution >= 0.6 is 0 Å². The Bertz CT molecular complexity index is 1500. The number of sulfonamides is 1. The zero-order valence-corrected chi connectivity index (χ0v) is 23.8. The topological polar surface area (TPSA) is 104 Å². The molecule has 4 rings (SSSR count). The van der Waals surface area contributed by atoms with Crippen molar-refractivity contribution in [3.05, 3.63) is 101 Å². The summed E-state index contributed by atoms with van der Waals surface area (Å²) in [5.74, 6) is -1.92. The molecule has 1 N–H and O–H groups in total. The monoisotopic (exact) mass is 579 g/mol. The van der Waals surface area contributed by atoms with E-state index in [1.165, 1.54) is 23.1 Å². The molecule has 0 aliphatic carbocycles. The Hall–Kier alpha value is -4.05. The third kappa shape index (κ3) is 7.00. The number of nitrogens with one attached hydrogen (secondary N) is 1. The molecule has 1 aliphatic rings. The normalized spacial score (nSPS) is 14.4. The van der Waals surface area contributed by atoms with Gasteiger partial charge in [-0.15, -0.1) is 0 Å². The third-order valence-corrected chi connectivity index (χ3v) is 8.90. The fraction of sp³-hybridized carbons (Fsp3) is 0.323. The summed E-state index contributed by atoms with van der Waals surface area (Å²) < 4.78 is 41.3. The molecule has 1 atom stereocenters. The Morgan fingerprint density at radius 2 is 1.63 bits per heavy atom. The predicted molar refractivity (Wildman–Crippen MR) is 153 cm³/mol. The van der Waals surface area contributed by atoms with Crippen molar-refractivity contribution >= 4 is 27.7 Å². The lowest BCUT2D eigenvalue weighted by Gasteiger charge is -2.32. The maximum absolute atomic E-state index is 14.7. The van der Waals surface area contributed by atoms with Crippen LogP contribution in [0.4, 0.5) is 4.39 Å². The summed E-state index contributed by atoms with van der Waals surface area (Å²) in [5.41, 5.74) is 1.20. The van der Waals surface area contributed by atoms with Crippen LogP contribution in [0, 0.1) is 5.82 Å². The molecule has 3 amide bonds. The lowest BCUT2D eigenvalue weighted by molar-refractivity contribution is -0.141. The molecule has 3 aromatic carbocycles. The molecule has 216 valence electrons. The van der Waals surface area contributed by atoms with Crippen molar-refractivity contribution in [3.63, 3.8) is 0 Å². The highest BCUT2D eigenvalue weighted by molar-refractivity contribution is 7.90. The van der Waals surface area contributed by atoms with E-state index in [4.69, 9.17) is 0 Å². The number of fused-ring (bicyclic) bond motifs is 1. The Morgan fingerprint density at radius 1 is 0.951 bits per heavy atom. The lowest BCUT2D eigenvalue weighted by atomic mass is 10.0. The average molecular weight is 580 g/mol. The van der Waals surface area contributed by atoms with Crippen LogP contribution in [0.2, 0.25) is 0 Å². The minimum Gasteiger partial charge on any atom is -0.354 e. The van der Waals surface area contributed by atoms with Gasteiger partial charge < -0.3 is 10.2 Å². The molecule has 0 fully saturated rings. The predicted octanol–water partition coefficient (Wildman–Crippen LogP) is 4.31. The minimum absolute atomic E-state index is 0.0427. The first-order valence-electron chi connectivity index (χ1n) is 13.7. The van der Waals surface area contributed by atoms with Crippen molar-refractivity contribution < 1.29 is 27.2 Å². The van der Waals surface area contributed by atoms with Crippen LogP contribution in [0.5, 0.6) is 0 Å².